The van der Waals surface area contributed by atoms with Gasteiger partial charge in [0, 0.05) is 17.2 Å². The number of halogens is 1. The third kappa shape index (κ3) is 33.7. The van der Waals surface area contributed by atoms with E-state index >= 15 is 0 Å². The molecule has 5 heteroatoms. The van der Waals surface area contributed by atoms with E-state index in [0.717, 1.165) is 30.7 Å². The fourth-order valence-electron chi connectivity index (χ4n) is 3.96. The predicted octanol–water partition coefficient (Wildman–Crippen LogP) is 14.7. The van der Waals surface area contributed by atoms with Gasteiger partial charge in [-0.1, -0.05) is 192 Å². The van der Waals surface area contributed by atoms with E-state index < -0.39 is 0 Å². The topological polar surface area (TPSA) is 52.6 Å². The Bertz CT molecular complexity index is 1550. The van der Waals surface area contributed by atoms with Crippen LogP contribution in [0.5, 0.6) is 5.75 Å². The maximum atomic E-state index is 11.4. The molecular formula is C49H69ClO4. The largest absolute Gasteiger partial charge is 0.466 e. The molecule has 3 rings (SSSR count). The summed E-state index contributed by atoms with van der Waals surface area (Å²) < 4.78 is 9.54. The van der Waals surface area contributed by atoms with Gasteiger partial charge in [-0.25, -0.2) is 9.59 Å². The second-order valence-electron chi connectivity index (χ2n) is 17.9. The van der Waals surface area contributed by atoms with Gasteiger partial charge >= 0.3 is 11.9 Å². The Labute approximate surface area is 334 Å². The highest BCUT2D eigenvalue weighted by molar-refractivity contribution is 6.30. The van der Waals surface area contributed by atoms with Gasteiger partial charge in [-0.2, -0.15) is 0 Å². The fourth-order valence-corrected chi connectivity index (χ4v) is 4.09. The summed E-state index contributed by atoms with van der Waals surface area (Å²) in [6.45, 7) is 26.2. The number of carbonyl (C=O) groups is 2. The molecule has 0 bridgehead atoms. The van der Waals surface area contributed by atoms with Crippen molar-refractivity contribution < 1.29 is 19.1 Å². The van der Waals surface area contributed by atoms with Crippen molar-refractivity contribution in [3.05, 3.63) is 138 Å². The van der Waals surface area contributed by atoms with E-state index in [1.54, 1.807) is 12.1 Å². The molecule has 0 spiro atoms. The summed E-state index contributed by atoms with van der Waals surface area (Å²) in [5.41, 5.74) is 3.69. The van der Waals surface area contributed by atoms with Crippen LogP contribution in [0.1, 0.15) is 120 Å². The predicted molar refractivity (Wildman–Crippen MR) is 235 cm³/mol. The van der Waals surface area contributed by atoms with Crippen LogP contribution in [0.2, 0.25) is 5.02 Å². The summed E-state index contributed by atoms with van der Waals surface area (Å²) in [6.07, 6.45) is 19.4. The van der Waals surface area contributed by atoms with Crippen molar-refractivity contribution in [2.24, 2.45) is 21.7 Å². The number of benzene rings is 3. The summed E-state index contributed by atoms with van der Waals surface area (Å²) in [5, 5.41) is 0.790. The van der Waals surface area contributed by atoms with Crippen LogP contribution in [-0.4, -0.2) is 19.0 Å². The van der Waals surface area contributed by atoms with Gasteiger partial charge in [0.25, 0.3) is 0 Å². The summed E-state index contributed by atoms with van der Waals surface area (Å²) in [5.74, 6) is -0.0300. The molecule has 0 aliphatic carbocycles. The van der Waals surface area contributed by atoms with Crippen LogP contribution in [0.15, 0.2) is 121 Å². The highest BCUT2D eigenvalue weighted by Gasteiger charge is 2.09. The van der Waals surface area contributed by atoms with E-state index in [0.29, 0.717) is 16.6 Å². The second kappa shape index (κ2) is 25.8. The van der Waals surface area contributed by atoms with E-state index in [-0.39, 0.29) is 22.8 Å². The number of methoxy groups -OCH3 is 1. The molecule has 54 heavy (non-hydrogen) atoms. The molecule has 0 aromatic heterocycles. The Morgan fingerprint density at radius 3 is 1.24 bits per heavy atom. The lowest BCUT2D eigenvalue weighted by molar-refractivity contribution is -0.135. The molecule has 3 aromatic carbocycles. The van der Waals surface area contributed by atoms with Crippen LogP contribution in [0.3, 0.4) is 0 Å². The number of rotatable bonds is 9. The van der Waals surface area contributed by atoms with E-state index in [4.69, 9.17) is 16.3 Å². The molecule has 0 aliphatic heterocycles. The summed E-state index contributed by atoms with van der Waals surface area (Å²) in [7, 11) is 1.38. The van der Waals surface area contributed by atoms with Gasteiger partial charge in [-0.15, -0.1) is 0 Å². The number of para-hydroxylation sites is 1. The molecular weight excluding hydrogens is 688 g/mol. The summed E-state index contributed by atoms with van der Waals surface area (Å²) in [4.78, 5) is 22.0. The molecule has 0 aliphatic rings. The van der Waals surface area contributed by atoms with E-state index in [2.05, 4.69) is 136 Å². The standard InChI is InChI=1S/C14H18O2.C13H17Cl.C13H18.C9H16O2/c1-14(2,3)11-7-10-13(15)16-12-8-5-4-6-9-12;1-13(2,3)10-4-5-11-6-8-12(14)9-7-11;1-13(2,3)11-7-10-12-8-5-4-6-9-12;1-9(2,3)7-5-6-8(10)11-4/h4-10H,11H2,1-3H3;4-9H,10H2,1-3H3;4-10H,11H2,1-3H3;5-6H,7H2,1-4H3/b10-7+;5-4+;10-7+;6-5+. The van der Waals surface area contributed by atoms with Gasteiger partial charge in [0.15, 0.2) is 0 Å². The zero-order valence-corrected chi connectivity index (χ0v) is 36.3. The van der Waals surface area contributed by atoms with E-state index in [1.807, 2.05) is 60.7 Å². The Balaban J connectivity index is 0.000000700. The zero-order valence-electron chi connectivity index (χ0n) is 35.5. The number of hydrogen-bond acceptors (Lipinski definition) is 4. The monoisotopic (exact) mass is 756 g/mol. The third-order valence-electron chi connectivity index (χ3n) is 6.88. The lowest BCUT2D eigenvalue weighted by atomic mass is 9.92. The van der Waals surface area contributed by atoms with Gasteiger partial charge in [0.2, 0.25) is 0 Å². The third-order valence-corrected chi connectivity index (χ3v) is 7.13. The Morgan fingerprint density at radius 1 is 0.500 bits per heavy atom. The van der Waals surface area contributed by atoms with Crippen LogP contribution in [0.4, 0.5) is 0 Å². The Kier molecular flexibility index (Phi) is 23.8. The van der Waals surface area contributed by atoms with Crippen molar-refractivity contribution in [1.82, 2.24) is 0 Å². The van der Waals surface area contributed by atoms with E-state index in [9.17, 15) is 9.59 Å². The fraction of sp³-hybridized carbons (Fsp3) is 0.429. The van der Waals surface area contributed by atoms with Crippen LogP contribution in [0.25, 0.3) is 12.2 Å². The molecule has 0 saturated heterocycles. The minimum absolute atomic E-state index is 0.198. The van der Waals surface area contributed by atoms with Crippen molar-refractivity contribution in [3.63, 3.8) is 0 Å². The second-order valence-corrected chi connectivity index (χ2v) is 18.3. The van der Waals surface area contributed by atoms with Gasteiger partial charge < -0.3 is 9.47 Å². The van der Waals surface area contributed by atoms with Crippen LogP contribution >= 0.6 is 11.6 Å². The molecule has 0 unspecified atom stereocenters. The van der Waals surface area contributed by atoms with Gasteiger partial charge in [-0.05, 0) is 82.7 Å². The maximum Gasteiger partial charge on any atom is 0.335 e. The van der Waals surface area contributed by atoms with Crippen molar-refractivity contribution in [2.75, 3.05) is 7.11 Å². The van der Waals surface area contributed by atoms with Crippen molar-refractivity contribution in [1.29, 1.82) is 0 Å². The molecule has 3 aromatic rings. The van der Waals surface area contributed by atoms with Crippen LogP contribution in [-0.2, 0) is 14.3 Å². The van der Waals surface area contributed by atoms with Crippen LogP contribution in [0, 0.1) is 21.7 Å². The number of esters is 2. The first kappa shape index (κ1) is 49.9. The zero-order chi connectivity index (χ0) is 41.3. The van der Waals surface area contributed by atoms with E-state index in [1.165, 1.54) is 30.4 Å². The lowest BCUT2D eigenvalue weighted by Crippen LogP contribution is -2.06. The smallest absolute Gasteiger partial charge is 0.335 e. The maximum absolute atomic E-state index is 11.4. The first-order chi connectivity index (χ1) is 25.0. The molecule has 0 saturated carbocycles. The average molecular weight is 758 g/mol. The molecule has 4 nitrogen and oxygen atoms in total. The number of hydrogen-bond donors (Lipinski definition) is 0. The molecule has 0 radical (unpaired) electrons. The minimum atomic E-state index is -0.324. The first-order valence-corrected chi connectivity index (χ1v) is 19.2. The van der Waals surface area contributed by atoms with Crippen molar-refractivity contribution >= 4 is 35.7 Å². The molecule has 0 atom stereocenters. The molecule has 0 heterocycles. The number of carbonyl (C=O) groups excluding carboxylic acids is 2. The van der Waals surface area contributed by atoms with Gasteiger partial charge in [0.1, 0.15) is 5.75 Å². The van der Waals surface area contributed by atoms with Crippen molar-refractivity contribution in [3.8, 4) is 5.75 Å². The van der Waals surface area contributed by atoms with Crippen molar-refractivity contribution in [2.45, 2.75) is 109 Å². The number of ether oxygens (including phenoxy) is 2. The molecule has 0 amide bonds. The molecule has 0 N–H and O–H groups in total. The van der Waals surface area contributed by atoms with Gasteiger partial charge in [-0.3, -0.25) is 0 Å². The molecule has 296 valence electrons. The normalized spacial score (nSPS) is 12.0. The summed E-state index contributed by atoms with van der Waals surface area (Å²) in [6, 6.07) is 27.4. The Hall–Kier alpha value is -4.15. The highest BCUT2D eigenvalue weighted by atomic mass is 35.5. The minimum Gasteiger partial charge on any atom is -0.466 e. The highest BCUT2D eigenvalue weighted by Crippen LogP contribution is 2.22. The lowest BCUT2D eigenvalue weighted by Gasteiger charge is -2.14. The number of allylic oxidation sites excluding steroid dienone is 4. The first-order valence-electron chi connectivity index (χ1n) is 18.8. The Morgan fingerprint density at radius 2 is 0.852 bits per heavy atom. The average Bonchev–Trinajstić information content (AvgIpc) is 3.05. The molecule has 0 fully saturated rings. The van der Waals surface area contributed by atoms with Crippen LogP contribution < -0.4 is 4.74 Å². The SMILES string of the molecule is CC(C)(C)C/C=C/C(=O)Oc1ccccc1.CC(C)(C)C/C=C/c1ccc(Cl)cc1.CC(C)(C)C/C=C/c1ccccc1.COC(=O)/C=C/CC(C)(C)C. The quantitative estimate of drug-likeness (QED) is 0.124. The summed E-state index contributed by atoms with van der Waals surface area (Å²) >= 11 is 5.79. The van der Waals surface area contributed by atoms with Gasteiger partial charge in [0.05, 0.1) is 7.11 Å².